The van der Waals surface area contributed by atoms with E-state index in [1.807, 2.05) is 6.07 Å². The second-order valence-electron chi connectivity index (χ2n) is 5.25. The van der Waals surface area contributed by atoms with E-state index in [2.05, 4.69) is 10.6 Å². The number of carbonyl (C=O) groups is 1. The number of non-ortho nitro benzene ring substituents is 1. The lowest BCUT2D eigenvalue weighted by Crippen LogP contribution is -2.28. The highest BCUT2D eigenvalue weighted by atomic mass is 16.7. The zero-order valence-electron chi connectivity index (χ0n) is 12.9. The van der Waals surface area contributed by atoms with Gasteiger partial charge in [-0.3, -0.25) is 10.1 Å². The Labute approximate surface area is 137 Å². The van der Waals surface area contributed by atoms with Crippen molar-refractivity contribution in [3.05, 3.63) is 57.6 Å². The number of anilines is 1. The number of benzene rings is 2. The van der Waals surface area contributed by atoms with Crippen molar-refractivity contribution in [2.75, 3.05) is 12.1 Å². The zero-order chi connectivity index (χ0) is 17.1. The second-order valence-corrected chi connectivity index (χ2v) is 5.25. The van der Waals surface area contributed by atoms with E-state index in [-0.39, 0.29) is 19.0 Å². The molecule has 0 bridgehead atoms. The van der Waals surface area contributed by atoms with Crippen LogP contribution >= 0.6 is 0 Å². The second kappa shape index (κ2) is 6.45. The molecule has 2 amide bonds. The van der Waals surface area contributed by atoms with E-state index < -0.39 is 11.0 Å². The third kappa shape index (κ3) is 3.37. The molecule has 124 valence electrons. The number of ether oxygens (including phenoxy) is 2. The van der Waals surface area contributed by atoms with Gasteiger partial charge in [-0.25, -0.2) is 4.79 Å². The number of nitrogens with one attached hydrogen (secondary N) is 2. The molecule has 1 heterocycles. The minimum atomic E-state index is -0.505. The molecule has 8 nitrogen and oxygen atoms in total. The van der Waals surface area contributed by atoms with Gasteiger partial charge in [0.05, 0.1) is 10.6 Å². The molecule has 0 saturated heterocycles. The number of nitro benzene ring substituents is 1. The van der Waals surface area contributed by atoms with Crippen molar-refractivity contribution in [2.24, 2.45) is 0 Å². The molecule has 24 heavy (non-hydrogen) atoms. The van der Waals surface area contributed by atoms with Gasteiger partial charge in [0.25, 0.3) is 5.69 Å². The summed E-state index contributed by atoms with van der Waals surface area (Å²) >= 11 is 0. The number of hydrogen-bond acceptors (Lipinski definition) is 5. The quantitative estimate of drug-likeness (QED) is 0.663. The van der Waals surface area contributed by atoms with E-state index in [1.165, 1.54) is 12.1 Å². The maximum atomic E-state index is 12.0. The average Bonchev–Trinajstić information content (AvgIpc) is 3.02. The molecule has 0 radical (unpaired) electrons. The molecular weight excluding hydrogens is 314 g/mol. The van der Waals surface area contributed by atoms with E-state index in [9.17, 15) is 14.9 Å². The van der Waals surface area contributed by atoms with E-state index in [1.54, 1.807) is 25.1 Å². The van der Waals surface area contributed by atoms with Crippen LogP contribution in [0, 0.1) is 17.0 Å². The lowest BCUT2D eigenvalue weighted by atomic mass is 10.2. The van der Waals surface area contributed by atoms with Crippen LogP contribution in [0.5, 0.6) is 11.5 Å². The average molecular weight is 329 g/mol. The molecule has 0 spiro atoms. The summed E-state index contributed by atoms with van der Waals surface area (Å²) in [5.74, 6) is 1.32. The number of urea groups is 1. The van der Waals surface area contributed by atoms with Crippen LogP contribution < -0.4 is 20.1 Å². The minimum absolute atomic E-state index is 0.0772. The van der Waals surface area contributed by atoms with Gasteiger partial charge in [0, 0.05) is 18.7 Å². The third-order valence-corrected chi connectivity index (χ3v) is 3.57. The Hall–Kier alpha value is -3.29. The van der Waals surface area contributed by atoms with E-state index in [0.717, 1.165) is 11.1 Å². The maximum absolute atomic E-state index is 12.0. The molecule has 1 aliphatic heterocycles. The van der Waals surface area contributed by atoms with Crippen molar-refractivity contribution in [1.29, 1.82) is 0 Å². The lowest BCUT2D eigenvalue weighted by molar-refractivity contribution is -0.384. The fourth-order valence-corrected chi connectivity index (χ4v) is 2.26. The van der Waals surface area contributed by atoms with Gasteiger partial charge in [0.2, 0.25) is 6.79 Å². The first kappa shape index (κ1) is 15.6. The van der Waals surface area contributed by atoms with Gasteiger partial charge in [-0.15, -0.1) is 0 Å². The highest BCUT2D eigenvalue weighted by Gasteiger charge is 2.14. The first-order chi connectivity index (χ1) is 11.5. The molecule has 2 N–H and O–H groups in total. The van der Waals surface area contributed by atoms with Crippen LogP contribution in [0.25, 0.3) is 0 Å². The molecule has 0 unspecified atom stereocenters. The summed E-state index contributed by atoms with van der Waals surface area (Å²) in [7, 11) is 0. The summed E-state index contributed by atoms with van der Waals surface area (Å²) in [6.45, 7) is 2.24. The zero-order valence-corrected chi connectivity index (χ0v) is 12.9. The number of rotatable bonds is 4. The number of nitrogens with zero attached hydrogens (tertiary/aromatic N) is 1. The summed E-state index contributed by atoms with van der Waals surface area (Å²) < 4.78 is 10.5. The summed E-state index contributed by atoms with van der Waals surface area (Å²) in [5.41, 5.74) is 1.91. The fraction of sp³-hybridized carbons (Fsp3) is 0.188. The van der Waals surface area contributed by atoms with E-state index >= 15 is 0 Å². The Bertz CT molecular complexity index is 806. The van der Waals surface area contributed by atoms with Gasteiger partial charge in [0.15, 0.2) is 11.5 Å². The predicted molar refractivity (Wildman–Crippen MR) is 86.3 cm³/mol. The Balaban J connectivity index is 1.62. The van der Waals surface area contributed by atoms with Crippen LogP contribution in [0.2, 0.25) is 0 Å². The summed E-state index contributed by atoms with van der Waals surface area (Å²) in [4.78, 5) is 22.3. The first-order valence-corrected chi connectivity index (χ1v) is 7.21. The molecule has 0 aliphatic carbocycles. The number of nitro groups is 1. The third-order valence-electron chi connectivity index (χ3n) is 3.57. The number of amides is 2. The van der Waals surface area contributed by atoms with Gasteiger partial charge < -0.3 is 20.1 Å². The number of hydrogen-bond donors (Lipinski definition) is 2. The Morgan fingerprint density at radius 3 is 2.79 bits per heavy atom. The Morgan fingerprint density at radius 2 is 2.00 bits per heavy atom. The Morgan fingerprint density at radius 1 is 1.21 bits per heavy atom. The molecule has 0 fully saturated rings. The molecule has 0 atom stereocenters. The summed E-state index contributed by atoms with van der Waals surface area (Å²) in [5, 5.41) is 16.1. The molecule has 2 aromatic carbocycles. The predicted octanol–water partition coefficient (Wildman–Crippen LogP) is 2.95. The molecule has 8 heteroatoms. The van der Waals surface area contributed by atoms with Crippen LogP contribution in [-0.4, -0.2) is 17.7 Å². The summed E-state index contributed by atoms with van der Waals surface area (Å²) in [6.07, 6.45) is 0. The van der Waals surface area contributed by atoms with Crippen molar-refractivity contribution in [3.63, 3.8) is 0 Å². The van der Waals surface area contributed by atoms with Crippen molar-refractivity contribution in [1.82, 2.24) is 5.32 Å². The van der Waals surface area contributed by atoms with Crippen molar-refractivity contribution in [2.45, 2.75) is 13.5 Å². The highest BCUT2D eigenvalue weighted by molar-refractivity contribution is 5.90. The molecule has 0 saturated carbocycles. The monoisotopic (exact) mass is 329 g/mol. The van der Waals surface area contributed by atoms with E-state index in [4.69, 9.17) is 9.47 Å². The van der Waals surface area contributed by atoms with E-state index in [0.29, 0.717) is 17.2 Å². The maximum Gasteiger partial charge on any atom is 0.319 e. The van der Waals surface area contributed by atoms with Gasteiger partial charge in [-0.2, -0.15) is 0 Å². The molecule has 0 aromatic heterocycles. The van der Waals surface area contributed by atoms with Gasteiger partial charge in [-0.05, 0) is 30.2 Å². The van der Waals surface area contributed by atoms with Crippen molar-refractivity contribution >= 4 is 17.4 Å². The van der Waals surface area contributed by atoms with Crippen molar-refractivity contribution < 1.29 is 19.2 Å². The fourth-order valence-electron chi connectivity index (χ4n) is 2.26. The first-order valence-electron chi connectivity index (χ1n) is 7.21. The molecule has 2 aromatic rings. The lowest BCUT2D eigenvalue weighted by Gasteiger charge is -2.10. The van der Waals surface area contributed by atoms with Crippen LogP contribution in [0.15, 0.2) is 36.4 Å². The number of fused-ring (bicyclic) bond motifs is 1. The normalized spacial score (nSPS) is 11.9. The van der Waals surface area contributed by atoms with Gasteiger partial charge in [-0.1, -0.05) is 12.1 Å². The van der Waals surface area contributed by atoms with Gasteiger partial charge >= 0.3 is 6.03 Å². The number of aryl methyl sites for hydroxylation is 1. The van der Waals surface area contributed by atoms with Crippen LogP contribution in [0.1, 0.15) is 11.1 Å². The van der Waals surface area contributed by atoms with Crippen LogP contribution in [-0.2, 0) is 6.54 Å². The molecular formula is C16H15N3O5. The smallest absolute Gasteiger partial charge is 0.319 e. The standard InChI is InChI=1S/C16H15N3O5/c1-10-2-4-12(19(21)22)7-13(10)18-16(20)17-8-11-3-5-14-15(6-11)24-9-23-14/h2-7H,8-9H2,1H3,(H2,17,18,20). The summed E-state index contributed by atoms with van der Waals surface area (Å²) in [6, 6.07) is 9.26. The molecule has 3 rings (SSSR count). The largest absolute Gasteiger partial charge is 0.454 e. The van der Waals surface area contributed by atoms with Crippen molar-refractivity contribution in [3.8, 4) is 11.5 Å². The topological polar surface area (TPSA) is 103 Å². The molecule has 1 aliphatic rings. The SMILES string of the molecule is Cc1ccc([N+](=O)[O-])cc1NC(=O)NCc1ccc2c(c1)OCO2. The van der Waals surface area contributed by atoms with Crippen LogP contribution in [0.4, 0.5) is 16.2 Å². The van der Waals surface area contributed by atoms with Gasteiger partial charge in [0.1, 0.15) is 0 Å². The minimum Gasteiger partial charge on any atom is -0.454 e. The van der Waals surface area contributed by atoms with Crippen LogP contribution in [0.3, 0.4) is 0 Å². The number of carbonyl (C=O) groups excluding carboxylic acids is 1. The Kier molecular flexibility index (Phi) is 4.19. The highest BCUT2D eigenvalue weighted by Crippen LogP contribution is 2.32.